The van der Waals surface area contributed by atoms with Crippen LogP contribution in [0.4, 0.5) is 5.69 Å². The summed E-state index contributed by atoms with van der Waals surface area (Å²) in [4.78, 5) is 14.5. The summed E-state index contributed by atoms with van der Waals surface area (Å²) in [6, 6.07) is 7.37. The molecule has 0 saturated carbocycles. The van der Waals surface area contributed by atoms with E-state index in [0.29, 0.717) is 12.0 Å². The first-order valence-corrected chi connectivity index (χ1v) is 9.35. The zero-order valence-corrected chi connectivity index (χ0v) is 18.0. The summed E-state index contributed by atoms with van der Waals surface area (Å²) in [6.07, 6.45) is 3.85. The van der Waals surface area contributed by atoms with Crippen molar-refractivity contribution in [2.75, 3.05) is 0 Å². The van der Waals surface area contributed by atoms with Gasteiger partial charge in [0.25, 0.3) is 5.69 Å². The molecule has 0 amide bonds. The van der Waals surface area contributed by atoms with Gasteiger partial charge in [-0.05, 0) is 52.4 Å². The van der Waals surface area contributed by atoms with Crippen molar-refractivity contribution in [3.63, 3.8) is 0 Å². The normalized spacial score (nSPS) is 8.79. The number of nitrogens with zero attached hydrogens (tertiary/aromatic N) is 2. The van der Waals surface area contributed by atoms with Gasteiger partial charge in [-0.2, -0.15) is 0 Å². The zero-order valence-electron chi connectivity index (χ0n) is 18.0. The minimum atomic E-state index is -0.322. The molecule has 0 N–H and O–H groups in total. The maximum atomic E-state index is 10.6. The van der Waals surface area contributed by atoms with Crippen molar-refractivity contribution in [3.05, 3.63) is 52.6 Å². The van der Waals surface area contributed by atoms with Crippen molar-refractivity contribution in [2.45, 2.75) is 96.6 Å². The van der Waals surface area contributed by atoms with Gasteiger partial charge in [0.05, 0.1) is 4.92 Å². The average Bonchev–Trinajstić information content (AvgIpc) is 2.46. The summed E-state index contributed by atoms with van der Waals surface area (Å²) in [6.45, 7) is 20.3. The maximum Gasteiger partial charge on any atom is 0.272 e. The van der Waals surface area contributed by atoms with Crippen LogP contribution in [0.3, 0.4) is 0 Å². The van der Waals surface area contributed by atoms with Crippen LogP contribution in [0.1, 0.15) is 89.7 Å². The summed E-state index contributed by atoms with van der Waals surface area (Å²) < 4.78 is 0. The number of nitro benzene ring substituents is 1. The standard InChI is InChI=1S/C10H13NO2.C6H13N.C6H12.3CH4/c1-8(2)7-9-5-3-4-6-10(9)11(12)13;1-5(2)7-6(3)4;1-4-5-6(2)3;;;/h3-6,8H,7H2,1-2H3;5H,1-4H3;4,6H,1,5H2,2-3H3;3*1H4. The number of para-hydroxylation sites is 1. The molecular weight excluding hydrogens is 360 g/mol. The van der Waals surface area contributed by atoms with Gasteiger partial charge < -0.3 is 0 Å². The predicted molar refractivity (Wildman–Crippen MR) is 135 cm³/mol. The van der Waals surface area contributed by atoms with Crippen molar-refractivity contribution in [1.82, 2.24) is 0 Å². The van der Waals surface area contributed by atoms with Gasteiger partial charge in [0, 0.05) is 23.4 Å². The fourth-order valence-corrected chi connectivity index (χ4v) is 2.15. The molecule has 0 aliphatic carbocycles. The van der Waals surface area contributed by atoms with Gasteiger partial charge in [-0.3, -0.25) is 15.1 Å². The van der Waals surface area contributed by atoms with E-state index in [4.69, 9.17) is 0 Å². The molecule has 0 heterocycles. The molecule has 0 radical (unpaired) electrons. The van der Waals surface area contributed by atoms with E-state index in [1.165, 1.54) is 0 Å². The minimum absolute atomic E-state index is 0. The molecule has 1 aromatic carbocycles. The van der Waals surface area contributed by atoms with Gasteiger partial charge in [0.2, 0.25) is 0 Å². The summed E-state index contributed by atoms with van der Waals surface area (Å²) in [5.41, 5.74) is 2.22. The fraction of sp³-hybridized carbons (Fsp3) is 0.640. The predicted octanol–water partition coefficient (Wildman–Crippen LogP) is 8.80. The molecule has 0 bridgehead atoms. The van der Waals surface area contributed by atoms with Gasteiger partial charge in [-0.15, -0.1) is 6.58 Å². The van der Waals surface area contributed by atoms with Crippen LogP contribution in [-0.2, 0) is 6.42 Å². The van der Waals surface area contributed by atoms with Crippen LogP contribution >= 0.6 is 0 Å². The van der Waals surface area contributed by atoms with Crippen molar-refractivity contribution in [2.24, 2.45) is 16.8 Å². The van der Waals surface area contributed by atoms with E-state index >= 15 is 0 Å². The molecular formula is C25H50N2O2. The van der Waals surface area contributed by atoms with Crippen molar-refractivity contribution in [1.29, 1.82) is 0 Å². The quantitative estimate of drug-likeness (QED) is 0.203. The van der Waals surface area contributed by atoms with E-state index < -0.39 is 0 Å². The van der Waals surface area contributed by atoms with E-state index in [1.807, 2.05) is 32.1 Å². The minimum Gasteiger partial charge on any atom is -0.292 e. The van der Waals surface area contributed by atoms with Crippen molar-refractivity contribution >= 4 is 11.4 Å². The number of nitro groups is 1. The van der Waals surface area contributed by atoms with E-state index in [1.54, 1.807) is 12.1 Å². The topological polar surface area (TPSA) is 55.5 Å². The smallest absolute Gasteiger partial charge is 0.272 e. The Balaban J connectivity index is -0.000000104. The number of rotatable bonds is 6. The second-order valence-corrected chi connectivity index (χ2v) is 7.57. The Labute approximate surface area is 182 Å². The molecule has 0 spiro atoms. The molecule has 0 aromatic heterocycles. The average molecular weight is 411 g/mol. The molecule has 0 unspecified atom stereocenters. The largest absolute Gasteiger partial charge is 0.292 e. The number of benzene rings is 1. The molecule has 0 aliphatic heterocycles. The molecule has 1 rings (SSSR count). The molecule has 0 aliphatic rings. The second-order valence-electron chi connectivity index (χ2n) is 7.57. The first kappa shape index (κ1) is 37.7. The summed E-state index contributed by atoms with van der Waals surface area (Å²) >= 11 is 0. The Hall–Kier alpha value is -1.97. The molecule has 29 heavy (non-hydrogen) atoms. The molecule has 172 valence electrons. The number of hydrogen-bond donors (Lipinski definition) is 0. The Bertz CT molecular complexity index is 544. The fourth-order valence-electron chi connectivity index (χ4n) is 2.15. The molecule has 4 nitrogen and oxygen atoms in total. The third-order valence-corrected chi connectivity index (χ3v) is 2.97. The Morgan fingerprint density at radius 3 is 1.76 bits per heavy atom. The summed E-state index contributed by atoms with van der Waals surface area (Å²) in [5, 5.41) is 10.6. The molecule has 4 heteroatoms. The lowest BCUT2D eigenvalue weighted by molar-refractivity contribution is -0.385. The highest BCUT2D eigenvalue weighted by Crippen LogP contribution is 2.20. The molecule has 0 saturated heterocycles. The molecule has 0 atom stereocenters. The Kier molecular flexibility index (Phi) is 29.0. The Morgan fingerprint density at radius 2 is 1.52 bits per heavy atom. The Morgan fingerprint density at radius 1 is 1.03 bits per heavy atom. The lowest BCUT2D eigenvalue weighted by atomic mass is 10.0. The lowest BCUT2D eigenvalue weighted by Gasteiger charge is -2.04. The third-order valence-electron chi connectivity index (χ3n) is 2.97. The zero-order chi connectivity index (χ0) is 20.7. The monoisotopic (exact) mass is 410 g/mol. The van der Waals surface area contributed by atoms with Crippen LogP contribution in [0.2, 0.25) is 0 Å². The highest BCUT2D eigenvalue weighted by atomic mass is 16.6. The van der Waals surface area contributed by atoms with E-state index in [0.717, 1.165) is 30.0 Å². The van der Waals surface area contributed by atoms with Crippen LogP contribution in [0.15, 0.2) is 41.9 Å². The highest BCUT2D eigenvalue weighted by Gasteiger charge is 2.12. The van der Waals surface area contributed by atoms with Crippen LogP contribution in [-0.4, -0.2) is 16.7 Å². The van der Waals surface area contributed by atoms with Crippen LogP contribution < -0.4 is 0 Å². The van der Waals surface area contributed by atoms with Gasteiger partial charge in [-0.1, -0.05) is 74.3 Å². The third kappa shape index (κ3) is 26.0. The summed E-state index contributed by atoms with van der Waals surface area (Å²) in [7, 11) is 0. The molecule has 1 aromatic rings. The van der Waals surface area contributed by atoms with Gasteiger partial charge in [0.1, 0.15) is 0 Å². The van der Waals surface area contributed by atoms with E-state index in [2.05, 4.69) is 53.1 Å². The lowest BCUT2D eigenvalue weighted by Crippen LogP contribution is -1.99. The summed E-state index contributed by atoms with van der Waals surface area (Å²) in [5.74, 6) is 1.23. The van der Waals surface area contributed by atoms with Crippen LogP contribution in [0.5, 0.6) is 0 Å². The SMILES string of the molecule is C.C.C.C=CCC(C)C.CC(C)=NC(C)C.CC(C)Cc1ccccc1[N+](=O)[O-]. The maximum absolute atomic E-state index is 10.6. The number of hydrogen-bond acceptors (Lipinski definition) is 3. The number of aliphatic imine (C=N–C) groups is 1. The molecule has 0 fully saturated rings. The van der Waals surface area contributed by atoms with Gasteiger partial charge >= 0.3 is 0 Å². The second kappa shape index (κ2) is 22.3. The van der Waals surface area contributed by atoms with Gasteiger partial charge in [0.15, 0.2) is 0 Å². The van der Waals surface area contributed by atoms with E-state index in [9.17, 15) is 10.1 Å². The van der Waals surface area contributed by atoms with Crippen molar-refractivity contribution < 1.29 is 4.92 Å². The first-order valence-electron chi connectivity index (χ1n) is 9.35. The first-order chi connectivity index (χ1) is 12.0. The highest BCUT2D eigenvalue weighted by molar-refractivity contribution is 5.79. The van der Waals surface area contributed by atoms with Gasteiger partial charge in [-0.25, -0.2) is 0 Å². The van der Waals surface area contributed by atoms with Crippen LogP contribution in [0.25, 0.3) is 0 Å². The van der Waals surface area contributed by atoms with Crippen LogP contribution in [0, 0.1) is 22.0 Å². The van der Waals surface area contributed by atoms with E-state index in [-0.39, 0.29) is 32.9 Å². The van der Waals surface area contributed by atoms with Crippen molar-refractivity contribution in [3.8, 4) is 0 Å². The number of allylic oxidation sites excluding steroid dienone is 1.